The van der Waals surface area contributed by atoms with Gasteiger partial charge in [-0.2, -0.15) is 8.78 Å². The summed E-state index contributed by atoms with van der Waals surface area (Å²) in [4.78, 5) is 20.0. The molecule has 1 aromatic rings. The summed E-state index contributed by atoms with van der Waals surface area (Å²) in [6, 6.07) is 2.08. The van der Waals surface area contributed by atoms with Gasteiger partial charge in [0.05, 0.1) is 12.0 Å². The summed E-state index contributed by atoms with van der Waals surface area (Å²) in [5.41, 5.74) is -1.40. The maximum Gasteiger partial charge on any atom is 0.379 e. The van der Waals surface area contributed by atoms with Crippen LogP contribution >= 0.6 is 0 Å². The molecule has 0 saturated carbocycles. The highest BCUT2D eigenvalue weighted by molar-refractivity contribution is 5.77. The topological polar surface area (TPSA) is 89.7 Å². The van der Waals surface area contributed by atoms with Crippen molar-refractivity contribution in [2.24, 2.45) is 0 Å². The SMILES string of the molecule is COc1cc(C(F)(F)C(=O)O)ccc1[N+](=O)[O-]. The molecule has 0 bridgehead atoms. The zero-order valence-corrected chi connectivity index (χ0v) is 8.52. The number of alkyl halides is 2. The van der Waals surface area contributed by atoms with Gasteiger partial charge in [-0.1, -0.05) is 0 Å². The molecule has 0 aliphatic rings. The molecule has 0 aromatic heterocycles. The molecule has 0 aliphatic carbocycles. The highest BCUT2D eigenvalue weighted by Crippen LogP contribution is 2.35. The fraction of sp³-hybridized carbons (Fsp3) is 0.222. The third kappa shape index (κ3) is 2.30. The molecule has 0 amide bonds. The van der Waals surface area contributed by atoms with Crippen LogP contribution in [-0.4, -0.2) is 23.1 Å². The average Bonchev–Trinajstić information content (AvgIpc) is 2.27. The van der Waals surface area contributed by atoms with Gasteiger partial charge in [0, 0.05) is 11.6 Å². The molecule has 0 unspecified atom stereocenters. The second-order valence-corrected chi connectivity index (χ2v) is 3.02. The van der Waals surface area contributed by atoms with E-state index in [1.807, 2.05) is 0 Å². The first kappa shape index (κ1) is 12.8. The van der Waals surface area contributed by atoms with Crippen molar-refractivity contribution in [3.05, 3.63) is 33.9 Å². The third-order valence-electron chi connectivity index (χ3n) is 2.01. The van der Waals surface area contributed by atoms with E-state index in [0.29, 0.717) is 12.1 Å². The molecular formula is C9H7F2NO5. The van der Waals surface area contributed by atoms with Crippen LogP contribution in [0.1, 0.15) is 5.56 Å². The third-order valence-corrected chi connectivity index (χ3v) is 2.01. The molecule has 1 N–H and O–H groups in total. The molecule has 1 aromatic carbocycles. The number of methoxy groups -OCH3 is 1. The molecule has 0 saturated heterocycles. The zero-order valence-electron chi connectivity index (χ0n) is 8.52. The van der Waals surface area contributed by atoms with E-state index in [9.17, 15) is 23.7 Å². The monoisotopic (exact) mass is 247 g/mol. The van der Waals surface area contributed by atoms with Crippen molar-refractivity contribution in [1.29, 1.82) is 0 Å². The molecule has 8 heteroatoms. The van der Waals surface area contributed by atoms with Gasteiger partial charge in [0.25, 0.3) is 0 Å². The van der Waals surface area contributed by atoms with Crippen molar-refractivity contribution in [2.45, 2.75) is 5.92 Å². The van der Waals surface area contributed by atoms with Crippen molar-refractivity contribution < 1.29 is 28.3 Å². The molecule has 92 valence electrons. The van der Waals surface area contributed by atoms with Crippen molar-refractivity contribution in [2.75, 3.05) is 7.11 Å². The Kier molecular flexibility index (Phi) is 3.26. The highest BCUT2D eigenvalue weighted by atomic mass is 19.3. The van der Waals surface area contributed by atoms with E-state index in [4.69, 9.17) is 5.11 Å². The Balaban J connectivity index is 3.32. The summed E-state index contributed by atoms with van der Waals surface area (Å²) in [5.74, 6) is -6.88. The van der Waals surface area contributed by atoms with E-state index in [-0.39, 0.29) is 0 Å². The van der Waals surface area contributed by atoms with Crippen molar-refractivity contribution in [3.8, 4) is 5.75 Å². The van der Waals surface area contributed by atoms with Crippen LogP contribution in [0.15, 0.2) is 18.2 Å². The molecule has 0 aliphatic heterocycles. The van der Waals surface area contributed by atoms with E-state index >= 15 is 0 Å². The first-order valence-corrected chi connectivity index (χ1v) is 4.24. The Labute approximate surface area is 93.6 Å². The normalized spacial score (nSPS) is 11.0. The van der Waals surface area contributed by atoms with Gasteiger partial charge in [0.2, 0.25) is 0 Å². The van der Waals surface area contributed by atoms with Crippen molar-refractivity contribution in [3.63, 3.8) is 0 Å². The van der Waals surface area contributed by atoms with Crippen LogP contribution in [0.4, 0.5) is 14.5 Å². The number of hydrogen-bond donors (Lipinski definition) is 1. The quantitative estimate of drug-likeness (QED) is 0.646. The number of rotatable bonds is 4. The van der Waals surface area contributed by atoms with E-state index in [1.54, 1.807) is 0 Å². The van der Waals surface area contributed by atoms with Gasteiger partial charge in [0.1, 0.15) is 0 Å². The summed E-state index contributed by atoms with van der Waals surface area (Å²) < 4.78 is 30.8. The van der Waals surface area contributed by atoms with Crippen molar-refractivity contribution >= 4 is 11.7 Å². The van der Waals surface area contributed by atoms with Crippen LogP contribution < -0.4 is 4.74 Å². The summed E-state index contributed by atoms with van der Waals surface area (Å²) >= 11 is 0. The number of nitro groups is 1. The minimum absolute atomic E-state index is 0.423. The Morgan fingerprint density at radius 2 is 2.12 bits per heavy atom. The predicted octanol–water partition coefficient (Wildman–Crippen LogP) is 1.78. The molecular weight excluding hydrogens is 240 g/mol. The lowest BCUT2D eigenvalue weighted by atomic mass is 10.1. The molecule has 1 rings (SSSR count). The largest absolute Gasteiger partial charge is 0.490 e. The summed E-state index contributed by atoms with van der Waals surface area (Å²) in [7, 11) is 1.06. The lowest BCUT2D eigenvalue weighted by Crippen LogP contribution is -2.25. The number of carboxylic acid groups (broad SMARTS) is 1. The Morgan fingerprint density at radius 1 is 1.53 bits per heavy atom. The number of halogens is 2. The first-order chi connectivity index (χ1) is 7.80. The van der Waals surface area contributed by atoms with Gasteiger partial charge in [-0.3, -0.25) is 10.1 Å². The fourth-order valence-corrected chi connectivity index (χ4v) is 1.15. The standard InChI is InChI=1S/C9H7F2NO5/c1-17-7-4-5(9(10,11)8(13)14)2-3-6(7)12(15)16/h2-4H,1H3,(H,13,14). The van der Waals surface area contributed by atoms with Gasteiger partial charge >= 0.3 is 17.6 Å². The molecule has 0 fully saturated rings. The van der Waals surface area contributed by atoms with Crippen LogP contribution in [0.3, 0.4) is 0 Å². The lowest BCUT2D eigenvalue weighted by Gasteiger charge is -2.12. The van der Waals surface area contributed by atoms with Crippen LogP contribution in [0.5, 0.6) is 5.75 Å². The predicted molar refractivity (Wildman–Crippen MR) is 51.2 cm³/mol. The lowest BCUT2D eigenvalue weighted by molar-refractivity contribution is -0.385. The number of ether oxygens (including phenoxy) is 1. The number of hydrogen-bond acceptors (Lipinski definition) is 4. The summed E-state index contributed by atoms with van der Waals surface area (Å²) in [5, 5.41) is 18.8. The second kappa shape index (κ2) is 4.32. The van der Waals surface area contributed by atoms with Gasteiger partial charge in [0.15, 0.2) is 5.75 Å². The minimum atomic E-state index is -4.12. The average molecular weight is 247 g/mol. The second-order valence-electron chi connectivity index (χ2n) is 3.02. The molecule has 0 heterocycles. The van der Waals surface area contributed by atoms with Crippen LogP contribution in [-0.2, 0) is 10.7 Å². The first-order valence-electron chi connectivity index (χ1n) is 4.24. The molecule has 17 heavy (non-hydrogen) atoms. The van der Waals surface area contributed by atoms with E-state index in [2.05, 4.69) is 4.74 Å². The maximum absolute atomic E-state index is 13.1. The Hall–Kier alpha value is -2.25. The molecule has 0 spiro atoms. The Bertz CT molecular complexity index is 474. The fourth-order valence-electron chi connectivity index (χ4n) is 1.15. The molecule has 0 radical (unpaired) electrons. The number of nitrogens with zero attached hydrogens (tertiary/aromatic N) is 1. The minimum Gasteiger partial charge on any atom is -0.490 e. The number of nitro benzene ring substituents is 1. The number of aliphatic carboxylic acids is 1. The number of benzene rings is 1. The number of carbonyl (C=O) groups is 1. The Morgan fingerprint density at radius 3 is 2.53 bits per heavy atom. The maximum atomic E-state index is 13.1. The van der Waals surface area contributed by atoms with Gasteiger partial charge in [-0.25, -0.2) is 4.79 Å². The highest BCUT2D eigenvalue weighted by Gasteiger charge is 2.42. The molecule has 0 atom stereocenters. The summed E-state index contributed by atoms with van der Waals surface area (Å²) in [6.07, 6.45) is 0. The molecule has 6 nitrogen and oxygen atoms in total. The summed E-state index contributed by atoms with van der Waals surface area (Å²) in [6.45, 7) is 0. The van der Waals surface area contributed by atoms with E-state index in [1.165, 1.54) is 0 Å². The number of carboxylic acids is 1. The smallest absolute Gasteiger partial charge is 0.379 e. The van der Waals surface area contributed by atoms with Crippen LogP contribution in [0, 0.1) is 10.1 Å². The van der Waals surface area contributed by atoms with Gasteiger partial charge < -0.3 is 9.84 Å². The zero-order chi connectivity index (χ0) is 13.2. The van der Waals surface area contributed by atoms with Crippen molar-refractivity contribution in [1.82, 2.24) is 0 Å². The van der Waals surface area contributed by atoms with Gasteiger partial charge in [-0.05, 0) is 12.1 Å². The van der Waals surface area contributed by atoms with Crippen LogP contribution in [0.2, 0.25) is 0 Å². The van der Waals surface area contributed by atoms with E-state index < -0.39 is 33.8 Å². The van der Waals surface area contributed by atoms with Crippen LogP contribution in [0.25, 0.3) is 0 Å². The van der Waals surface area contributed by atoms with E-state index in [0.717, 1.165) is 13.2 Å². The van der Waals surface area contributed by atoms with Gasteiger partial charge in [-0.15, -0.1) is 0 Å².